The first-order valence-corrected chi connectivity index (χ1v) is 7.19. The van der Waals surface area contributed by atoms with Gasteiger partial charge in [0.2, 0.25) is 0 Å². The lowest BCUT2D eigenvalue weighted by Gasteiger charge is -2.17. The summed E-state index contributed by atoms with van der Waals surface area (Å²) in [4.78, 5) is 1.43. The van der Waals surface area contributed by atoms with Gasteiger partial charge >= 0.3 is 0 Å². The van der Waals surface area contributed by atoms with Gasteiger partial charge in [-0.15, -0.1) is 11.8 Å². The summed E-state index contributed by atoms with van der Waals surface area (Å²) in [5, 5.41) is 13.5. The summed E-state index contributed by atoms with van der Waals surface area (Å²) in [6.45, 7) is 5.01. The van der Waals surface area contributed by atoms with Crippen LogP contribution in [0.1, 0.15) is 25.8 Å². The van der Waals surface area contributed by atoms with E-state index < -0.39 is 0 Å². The highest BCUT2D eigenvalue weighted by Gasteiger charge is 2.21. The van der Waals surface area contributed by atoms with Crippen LogP contribution >= 0.6 is 11.8 Å². The molecule has 3 unspecified atom stereocenters. The first kappa shape index (κ1) is 12.9. The fourth-order valence-corrected chi connectivity index (χ4v) is 3.56. The Bertz CT molecular complexity index is 342. The Kier molecular flexibility index (Phi) is 4.48. The van der Waals surface area contributed by atoms with Gasteiger partial charge in [-0.25, -0.2) is 0 Å². The van der Waals surface area contributed by atoms with Gasteiger partial charge in [-0.2, -0.15) is 0 Å². The third-order valence-corrected chi connectivity index (χ3v) is 4.42. The second kappa shape index (κ2) is 5.89. The van der Waals surface area contributed by atoms with Gasteiger partial charge in [0.15, 0.2) is 0 Å². The van der Waals surface area contributed by atoms with Gasteiger partial charge < -0.3 is 10.4 Å². The molecule has 0 aromatic heterocycles. The Morgan fingerprint density at radius 3 is 2.88 bits per heavy atom. The molecular weight excluding hydrogens is 230 g/mol. The molecule has 1 aliphatic heterocycles. The Morgan fingerprint density at radius 2 is 2.18 bits per heavy atom. The molecule has 0 fully saturated rings. The Balaban J connectivity index is 1.76. The van der Waals surface area contributed by atoms with Crippen LogP contribution in [0.4, 0.5) is 0 Å². The van der Waals surface area contributed by atoms with Gasteiger partial charge in [-0.3, -0.25) is 0 Å². The molecular formula is C14H21NOS. The molecule has 1 aromatic carbocycles. The summed E-state index contributed by atoms with van der Waals surface area (Å²) in [5.74, 6) is 0. The van der Waals surface area contributed by atoms with Crippen molar-refractivity contribution in [2.24, 2.45) is 0 Å². The summed E-state index contributed by atoms with van der Waals surface area (Å²) >= 11 is 1.97. The highest BCUT2D eigenvalue weighted by atomic mass is 32.2. The zero-order valence-electron chi connectivity index (χ0n) is 10.5. The Hall–Kier alpha value is -0.510. The fourth-order valence-electron chi connectivity index (χ4n) is 2.30. The summed E-state index contributed by atoms with van der Waals surface area (Å²) in [5.41, 5.74) is 1.48. The smallest absolute Gasteiger partial charge is 0.0526 e. The zero-order chi connectivity index (χ0) is 12.3. The molecule has 0 saturated carbocycles. The van der Waals surface area contributed by atoms with Crippen LogP contribution in [0, 0.1) is 0 Å². The Labute approximate surface area is 108 Å². The second-order valence-corrected chi connectivity index (χ2v) is 6.29. The van der Waals surface area contributed by atoms with Crippen LogP contribution in [0.15, 0.2) is 29.2 Å². The van der Waals surface area contributed by atoms with Crippen molar-refractivity contribution in [1.82, 2.24) is 5.32 Å². The van der Waals surface area contributed by atoms with E-state index in [4.69, 9.17) is 0 Å². The van der Waals surface area contributed by atoms with Crippen LogP contribution in [0.5, 0.6) is 0 Å². The minimum atomic E-state index is -0.217. The van der Waals surface area contributed by atoms with E-state index in [1.807, 2.05) is 18.7 Å². The average molecular weight is 251 g/mol. The van der Waals surface area contributed by atoms with Crippen molar-refractivity contribution < 1.29 is 5.11 Å². The van der Waals surface area contributed by atoms with Gasteiger partial charge in [-0.05, 0) is 38.3 Å². The van der Waals surface area contributed by atoms with Crippen molar-refractivity contribution in [3.05, 3.63) is 29.8 Å². The maximum Gasteiger partial charge on any atom is 0.0526 e. The van der Waals surface area contributed by atoms with E-state index in [-0.39, 0.29) is 6.10 Å². The van der Waals surface area contributed by atoms with Crippen molar-refractivity contribution >= 4 is 11.8 Å². The topological polar surface area (TPSA) is 32.3 Å². The fraction of sp³-hybridized carbons (Fsp3) is 0.571. The van der Waals surface area contributed by atoms with Crippen LogP contribution in [-0.4, -0.2) is 29.0 Å². The number of aliphatic hydroxyl groups excluding tert-OH is 1. The number of nitrogens with one attached hydrogen (secondary N) is 1. The summed E-state index contributed by atoms with van der Waals surface area (Å²) in [6, 6.07) is 9.04. The van der Waals surface area contributed by atoms with Gasteiger partial charge in [0, 0.05) is 22.7 Å². The molecule has 0 saturated heterocycles. The first-order valence-electron chi connectivity index (χ1n) is 6.31. The third-order valence-electron chi connectivity index (χ3n) is 3.10. The molecule has 1 heterocycles. The molecule has 0 amide bonds. The molecule has 0 spiro atoms. The first-order chi connectivity index (χ1) is 8.15. The molecule has 3 atom stereocenters. The minimum Gasteiger partial charge on any atom is -0.393 e. The summed E-state index contributed by atoms with van der Waals surface area (Å²) in [7, 11) is 0. The highest BCUT2D eigenvalue weighted by molar-refractivity contribution is 8.00. The van der Waals surface area contributed by atoms with E-state index in [9.17, 15) is 5.11 Å². The van der Waals surface area contributed by atoms with Crippen LogP contribution < -0.4 is 5.32 Å². The van der Waals surface area contributed by atoms with Crippen LogP contribution in [0.2, 0.25) is 0 Å². The number of hydrogen-bond acceptors (Lipinski definition) is 3. The molecule has 17 heavy (non-hydrogen) atoms. The van der Waals surface area contributed by atoms with Crippen LogP contribution in [-0.2, 0) is 6.42 Å². The molecule has 94 valence electrons. The number of thioether (sulfide) groups is 1. The zero-order valence-corrected chi connectivity index (χ0v) is 11.3. The van der Waals surface area contributed by atoms with Crippen LogP contribution in [0.3, 0.4) is 0 Å². The largest absolute Gasteiger partial charge is 0.393 e. The van der Waals surface area contributed by atoms with E-state index in [1.54, 1.807) is 0 Å². The van der Waals surface area contributed by atoms with E-state index in [0.717, 1.165) is 19.4 Å². The standard InChI is InChI=1S/C14H21NOS/c1-10(7-11(2)16)15-9-13-8-12-5-3-4-6-14(12)17-13/h3-6,10-11,13,15-16H,7-9H2,1-2H3. The monoisotopic (exact) mass is 251 g/mol. The van der Waals surface area contributed by atoms with Crippen molar-refractivity contribution in [1.29, 1.82) is 0 Å². The molecule has 0 aliphatic carbocycles. The number of fused-ring (bicyclic) bond motifs is 1. The normalized spacial score (nSPS) is 22.2. The molecule has 2 rings (SSSR count). The van der Waals surface area contributed by atoms with E-state index >= 15 is 0 Å². The highest BCUT2D eigenvalue weighted by Crippen LogP contribution is 2.36. The maximum absolute atomic E-state index is 9.31. The number of benzene rings is 1. The van der Waals surface area contributed by atoms with E-state index in [1.165, 1.54) is 10.5 Å². The van der Waals surface area contributed by atoms with E-state index in [0.29, 0.717) is 11.3 Å². The van der Waals surface area contributed by atoms with Crippen molar-refractivity contribution in [2.45, 2.75) is 49.0 Å². The van der Waals surface area contributed by atoms with Crippen molar-refractivity contribution in [3.8, 4) is 0 Å². The second-order valence-electron chi connectivity index (χ2n) is 4.95. The summed E-state index contributed by atoms with van der Waals surface area (Å²) < 4.78 is 0. The van der Waals surface area contributed by atoms with Gasteiger partial charge in [0.05, 0.1) is 6.10 Å². The predicted molar refractivity (Wildman–Crippen MR) is 73.6 cm³/mol. The van der Waals surface area contributed by atoms with Gasteiger partial charge in [0.25, 0.3) is 0 Å². The molecule has 0 radical (unpaired) electrons. The number of hydrogen-bond donors (Lipinski definition) is 2. The maximum atomic E-state index is 9.31. The molecule has 0 bridgehead atoms. The number of aliphatic hydroxyl groups is 1. The van der Waals surface area contributed by atoms with Gasteiger partial charge in [0.1, 0.15) is 0 Å². The third kappa shape index (κ3) is 3.73. The number of rotatable bonds is 5. The lowest BCUT2D eigenvalue weighted by atomic mass is 10.1. The SMILES string of the molecule is CC(O)CC(C)NCC1Cc2ccccc2S1. The lowest BCUT2D eigenvalue weighted by Crippen LogP contribution is -2.34. The van der Waals surface area contributed by atoms with Crippen molar-refractivity contribution in [2.75, 3.05) is 6.54 Å². The predicted octanol–water partition coefficient (Wildman–Crippen LogP) is 2.45. The summed E-state index contributed by atoms with van der Waals surface area (Å²) in [6.07, 6.45) is 1.77. The lowest BCUT2D eigenvalue weighted by molar-refractivity contribution is 0.171. The minimum absolute atomic E-state index is 0.217. The molecule has 1 aliphatic rings. The molecule has 1 aromatic rings. The van der Waals surface area contributed by atoms with Crippen molar-refractivity contribution in [3.63, 3.8) is 0 Å². The van der Waals surface area contributed by atoms with Gasteiger partial charge in [-0.1, -0.05) is 18.2 Å². The average Bonchev–Trinajstić information content (AvgIpc) is 2.68. The quantitative estimate of drug-likeness (QED) is 0.843. The Morgan fingerprint density at radius 1 is 1.41 bits per heavy atom. The molecule has 2 N–H and O–H groups in total. The van der Waals surface area contributed by atoms with Crippen LogP contribution in [0.25, 0.3) is 0 Å². The van der Waals surface area contributed by atoms with E-state index in [2.05, 4.69) is 36.5 Å². The molecule has 2 nitrogen and oxygen atoms in total. The molecule has 3 heteroatoms.